The first-order valence-electron chi connectivity index (χ1n) is 8.42. The van der Waals surface area contributed by atoms with Crippen molar-refractivity contribution in [3.8, 4) is 0 Å². The third-order valence-electron chi connectivity index (χ3n) is 4.88. The summed E-state index contributed by atoms with van der Waals surface area (Å²) in [6, 6.07) is 8.90. The van der Waals surface area contributed by atoms with Crippen LogP contribution < -0.4 is 5.32 Å². The molecule has 0 saturated heterocycles. The Labute approximate surface area is 130 Å². The van der Waals surface area contributed by atoms with Crippen molar-refractivity contribution in [2.75, 3.05) is 27.2 Å². The molecule has 2 nitrogen and oxygen atoms in total. The van der Waals surface area contributed by atoms with Crippen LogP contribution in [0.2, 0.25) is 0 Å². The van der Waals surface area contributed by atoms with Crippen molar-refractivity contribution < 1.29 is 0 Å². The molecule has 0 bridgehead atoms. The maximum Gasteiger partial charge on any atom is 0.0231 e. The van der Waals surface area contributed by atoms with Gasteiger partial charge in [-0.1, -0.05) is 49.6 Å². The zero-order valence-electron chi connectivity index (χ0n) is 14.3. The summed E-state index contributed by atoms with van der Waals surface area (Å²) in [5, 5.41) is 3.45. The normalized spacial score (nSPS) is 26.2. The van der Waals surface area contributed by atoms with Gasteiger partial charge in [-0.2, -0.15) is 0 Å². The first kappa shape index (κ1) is 16.5. The maximum atomic E-state index is 3.45. The molecule has 2 unspecified atom stereocenters. The van der Waals surface area contributed by atoms with E-state index in [1.54, 1.807) is 0 Å². The number of nitrogens with one attached hydrogen (secondary N) is 1. The van der Waals surface area contributed by atoms with Crippen molar-refractivity contribution in [1.82, 2.24) is 10.2 Å². The molecule has 2 atom stereocenters. The molecule has 1 aromatic carbocycles. The minimum absolute atomic E-state index is 0.463. The third-order valence-corrected chi connectivity index (χ3v) is 4.88. The van der Waals surface area contributed by atoms with Gasteiger partial charge in [-0.05, 0) is 50.8 Å². The highest BCUT2D eigenvalue weighted by Crippen LogP contribution is 2.39. The molecule has 2 heteroatoms. The van der Waals surface area contributed by atoms with Gasteiger partial charge in [-0.15, -0.1) is 0 Å². The van der Waals surface area contributed by atoms with Gasteiger partial charge in [0.2, 0.25) is 0 Å². The second-order valence-corrected chi connectivity index (χ2v) is 7.39. The van der Waals surface area contributed by atoms with E-state index >= 15 is 0 Å². The van der Waals surface area contributed by atoms with Gasteiger partial charge in [0.05, 0.1) is 0 Å². The van der Waals surface area contributed by atoms with E-state index in [4.69, 9.17) is 0 Å². The van der Waals surface area contributed by atoms with Gasteiger partial charge < -0.3 is 10.2 Å². The summed E-state index contributed by atoms with van der Waals surface area (Å²) in [7, 11) is 4.38. The number of nitrogens with zero attached hydrogens (tertiary/aromatic N) is 1. The fraction of sp³-hybridized carbons (Fsp3) is 0.684. The second kappa shape index (κ2) is 7.42. The number of benzene rings is 1. The molecule has 118 valence electrons. The molecule has 1 N–H and O–H groups in total. The lowest BCUT2D eigenvalue weighted by Crippen LogP contribution is -2.44. The van der Waals surface area contributed by atoms with E-state index in [1.807, 2.05) is 0 Å². The van der Waals surface area contributed by atoms with Crippen molar-refractivity contribution in [2.45, 2.75) is 46.1 Å². The van der Waals surface area contributed by atoms with Crippen molar-refractivity contribution in [2.24, 2.45) is 11.3 Å². The van der Waals surface area contributed by atoms with Crippen LogP contribution in [0.25, 0.3) is 0 Å². The van der Waals surface area contributed by atoms with Crippen LogP contribution >= 0.6 is 0 Å². The number of rotatable bonds is 6. The number of aryl methyl sites for hydroxylation is 1. The molecule has 1 fully saturated rings. The van der Waals surface area contributed by atoms with Gasteiger partial charge in [0.15, 0.2) is 0 Å². The van der Waals surface area contributed by atoms with Gasteiger partial charge in [-0.3, -0.25) is 0 Å². The molecular weight excluding hydrogens is 256 g/mol. The number of hydrogen-bond acceptors (Lipinski definition) is 2. The fourth-order valence-electron chi connectivity index (χ4n) is 4.25. The molecule has 0 aromatic heterocycles. The zero-order valence-corrected chi connectivity index (χ0v) is 14.3. The Kier molecular flexibility index (Phi) is 5.83. The van der Waals surface area contributed by atoms with E-state index in [-0.39, 0.29) is 0 Å². The van der Waals surface area contributed by atoms with Crippen LogP contribution in [0.15, 0.2) is 24.3 Å². The summed E-state index contributed by atoms with van der Waals surface area (Å²) in [4.78, 5) is 2.52. The first-order chi connectivity index (χ1) is 10.0. The van der Waals surface area contributed by atoms with Crippen molar-refractivity contribution in [3.05, 3.63) is 35.4 Å². The Hall–Kier alpha value is -0.860. The van der Waals surface area contributed by atoms with Gasteiger partial charge in [0.25, 0.3) is 0 Å². The predicted octanol–water partition coefficient (Wildman–Crippen LogP) is 3.84. The van der Waals surface area contributed by atoms with E-state index in [2.05, 4.69) is 62.4 Å². The summed E-state index contributed by atoms with van der Waals surface area (Å²) in [5.41, 5.74) is 3.25. The lowest BCUT2D eigenvalue weighted by Gasteiger charge is -2.42. The van der Waals surface area contributed by atoms with Crippen LogP contribution in [0, 0.1) is 18.3 Å². The standard InChI is InChI=1S/C19H32N2/c1-16-7-5-9-18(11-16)13-21(4)15-19(14-20-3)10-6-8-17(2)12-19/h5,7,9,11,17,20H,6,8,10,12-15H2,1-4H3. The minimum Gasteiger partial charge on any atom is -0.319 e. The summed E-state index contributed by atoms with van der Waals surface area (Å²) >= 11 is 0. The van der Waals surface area contributed by atoms with E-state index in [0.29, 0.717) is 5.41 Å². The Bertz CT molecular complexity index is 439. The molecule has 1 aliphatic carbocycles. The van der Waals surface area contributed by atoms with Crippen LogP contribution in [0.5, 0.6) is 0 Å². The average Bonchev–Trinajstić information content (AvgIpc) is 2.38. The molecule has 2 rings (SSSR count). The molecule has 0 radical (unpaired) electrons. The Balaban J connectivity index is 1.99. The quantitative estimate of drug-likeness (QED) is 0.855. The Morgan fingerprint density at radius 2 is 2.19 bits per heavy atom. The fourth-order valence-corrected chi connectivity index (χ4v) is 4.25. The molecule has 1 aliphatic rings. The van der Waals surface area contributed by atoms with Gasteiger partial charge >= 0.3 is 0 Å². The first-order valence-corrected chi connectivity index (χ1v) is 8.42. The third kappa shape index (κ3) is 4.82. The van der Waals surface area contributed by atoms with Crippen LogP contribution in [0.1, 0.15) is 43.7 Å². The molecule has 21 heavy (non-hydrogen) atoms. The maximum absolute atomic E-state index is 3.45. The van der Waals surface area contributed by atoms with E-state index in [1.165, 1.54) is 43.4 Å². The summed E-state index contributed by atoms with van der Waals surface area (Å²) < 4.78 is 0. The number of hydrogen-bond donors (Lipinski definition) is 1. The molecule has 0 spiro atoms. The van der Waals surface area contributed by atoms with Crippen molar-refractivity contribution >= 4 is 0 Å². The van der Waals surface area contributed by atoms with Crippen LogP contribution in [-0.2, 0) is 6.54 Å². The van der Waals surface area contributed by atoms with Crippen molar-refractivity contribution in [1.29, 1.82) is 0 Å². The molecule has 0 amide bonds. The smallest absolute Gasteiger partial charge is 0.0231 e. The summed E-state index contributed by atoms with van der Waals surface area (Å²) in [5.74, 6) is 0.875. The van der Waals surface area contributed by atoms with Gasteiger partial charge in [-0.25, -0.2) is 0 Å². The van der Waals surface area contributed by atoms with Crippen LogP contribution in [-0.4, -0.2) is 32.1 Å². The highest BCUT2D eigenvalue weighted by Gasteiger charge is 2.35. The predicted molar refractivity (Wildman–Crippen MR) is 91.5 cm³/mol. The zero-order chi connectivity index (χ0) is 15.3. The van der Waals surface area contributed by atoms with Crippen LogP contribution in [0.4, 0.5) is 0 Å². The van der Waals surface area contributed by atoms with Gasteiger partial charge in [0, 0.05) is 19.6 Å². The molecule has 0 aliphatic heterocycles. The summed E-state index contributed by atoms with van der Waals surface area (Å²) in [6.07, 6.45) is 5.54. The Morgan fingerprint density at radius 3 is 2.86 bits per heavy atom. The average molecular weight is 288 g/mol. The van der Waals surface area contributed by atoms with Crippen molar-refractivity contribution in [3.63, 3.8) is 0 Å². The van der Waals surface area contributed by atoms with E-state index in [0.717, 1.165) is 19.0 Å². The molecule has 1 saturated carbocycles. The molecule has 0 heterocycles. The van der Waals surface area contributed by atoms with E-state index < -0.39 is 0 Å². The second-order valence-electron chi connectivity index (χ2n) is 7.39. The van der Waals surface area contributed by atoms with Gasteiger partial charge in [0.1, 0.15) is 0 Å². The molecule has 1 aromatic rings. The lowest BCUT2D eigenvalue weighted by atomic mass is 9.69. The SMILES string of the molecule is CNCC1(CN(C)Cc2cccc(C)c2)CCCC(C)C1. The topological polar surface area (TPSA) is 15.3 Å². The highest BCUT2D eigenvalue weighted by molar-refractivity contribution is 5.22. The van der Waals surface area contributed by atoms with E-state index in [9.17, 15) is 0 Å². The summed E-state index contributed by atoms with van der Waals surface area (Å²) in [6.45, 7) is 8.00. The minimum atomic E-state index is 0.463. The molecular formula is C19H32N2. The lowest BCUT2D eigenvalue weighted by molar-refractivity contribution is 0.0910. The van der Waals surface area contributed by atoms with Crippen LogP contribution in [0.3, 0.4) is 0 Å². The Morgan fingerprint density at radius 1 is 1.38 bits per heavy atom. The largest absolute Gasteiger partial charge is 0.319 e. The highest BCUT2D eigenvalue weighted by atomic mass is 15.1. The monoisotopic (exact) mass is 288 g/mol.